The molecule has 5 nitrogen and oxygen atoms in total. The van der Waals surface area contributed by atoms with Crippen molar-refractivity contribution < 1.29 is 4.79 Å². The predicted molar refractivity (Wildman–Crippen MR) is 88.9 cm³/mol. The molecule has 2 N–H and O–H groups in total. The van der Waals surface area contributed by atoms with Crippen LogP contribution < -0.4 is 5.73 Å². The van der Waals surface area contributed by atoms with Gasteiger partial charge in [-0.05, 0) is 32.9 Å². The Hall–Kier alpha value is -2.14. The van der Waals surface area contributed by atoms with E-state index >= 15 is 0 Å². The van der Waals surface area contributed by atoms with Gasteiger partial charge in [0.15, 0.2) is 0 Å². The molecule has 0 saturated carbocycles. The van der Waals surface area contributed by atoms with Crippen LogP contribution in [-0.2, 0) is 0 Å². The van der Waals surface area contributed by atoms with E-state index in [-0.39, 0.29) is 11.9 Å². The number of halogens is 1. The number of carbonyl (C=O) groups is 1. The first-order valence-electron chi connectivity index (χ1n) is 7.17. The normalized spacial score (nSPS) is 10.5. The second-order valence-electron chi connectivity index (χ2n) is 4.88. The molecule has 2 rings (SSSR count). The number of hydrogen-bond donors (Lipinski definition) is 1. The van der Waals surface area contributed by atoms with Gasteiger partial charge in [-0.3, -0.25) is 4.79 Å². The molecule has 22 heavy (non-hydrogen) atoms. The minimum atomic E-state index is -0.0903. The fourth-order valence-corrected chi connectivity index (χ4v) is 2.46. The van der Waals surface area contributed by atoms with Crippen LogP contribution in [0.2, 0.25) is 5.02 Å². The first-order chi connectivity index (χ1) is 10.5. The summed E-state index contributed by atoms with van der Waals surface area (Å²) in [5.41, 5.74) is 8.16. The molecule has 1 aromatic carbocycles. The fourth-order valence-electron chi connectivity index (χ4n) is 2.34. The molecule has 0 spiro atoms. The maximum absolute atomic E-state index is 12.8. The zero-order valence-corrected chi connectivity index (χ0v) is 13.7. The van der Waals surface area contributed by atoms with Crippen LogP contribution in [0, 0.1) is 6.92 Å². The summed E-state index contributed by atoms with van der Waals surface area (Å²) in [7, 11) is 0. The average molecular weight is 319 g/mol. The molecule has 0 fully saturated rings. The highest BCUT2D eigenvalue weighted by Crippen LogP contribution is 2.26. The van der Waals surface area contributed by atoms with Crippen molar-refractivity contribution in [3.63, 3.8) is 0 Å². The molecule has 2 aromatic rings. The van der Waals surface area contributed by atoms with Gasteiger partial charge in [-0.1, -0.05) is 23.7 Å². The first kappa shape index (κ1) is 16.2. The summed E-state index contributed by atoms with van der Waals surface area (Å²) in [5.74, 6) is 0.0611. The molecule has 1 amide bonds. The molecule has 0 aliphatic rings. The molecular weight excluding hydrogens is 300 g/mol. The standard InChI is InChI=1S/C16H19ClN4O/c1-4-21(5-2)15(22)13-10(3)19-16(18)20-14(13)11-6-8-12(17)9-7-11/h6-9H,4-5H2,1-3H3,(H2,18,19,20). The van der Waals surface area contributed by atoms with Crippen molar-refractivity contribution in [1.82, 2.24) is 14.9 Å². The highest BCUT2D eigenvalue weighted by Gasteiger charge is 2.22. The SMILES string of the molecule is CCN(CC)C(=O)c1c(C)nc(N)nc1-c1ccc(Cl)cc1. The Morgan fingerprint density at radius 2 is 1.77 bits per heavy atom. The number of nitrogen functional groups attached to an aromatic ring is 1. The number of nitrogens with zero attached hydrogens (tertiary/aromatic N) is 3. The van der Waals surface area contributed by atoms with Crippen LogP contribution in [0.3, 0.4) is 0 Å². The van der Waals surface area contributed by atoms with Crippen LogP contribution in [0.15, 0.2) is 24.3 Å². The van der Waals surface area contributed by atoms with E-state index in [2.05, 4.69) is 9.97 Å². The van der Waals surface area contributed by atoms with E-state index < -0.39 is 0 Å². The lowest BCUT2D eigenvalue weighted by atomic mass is 10.0. The van der Waals surface area contributed by atoms with E-state index in [4.69, 9.17) is 17.3 Å². The summed E-state index contributed by atoms with van der Waals surface area (Å²) in [4.78, 5) is 22.9. The third kappa shape index (κ3) is 3.20. The van der Waals surface area contributed by atoms with Crippen LogP contribution >= 0.6 is 11.6 Å². The number of nitrogens with two attached hydrogens (primary N) is 1. The summed E-state index contributed by atoms with van der Waals surface area (Å²) in [6, 6.07) is 7.16. The third-order valence-electron chi connectivity index (χ3n) is 3.49. The van der Waals surface area contributed by atoms with Crippen molar-refractivity contribution in [3.05, 3.63) is 40.5 Å². The van der Waals surface area contributed by atoms with Crippen molar-refractivity contribution >= 4 is 23.5 Å². The number of anilines is 1. The molecule has 0 radical (unpaired) electrons. The first-order valence-corrected chi connectivity index (χ1v) is 7.55. The quantitative estimate of drug-likeness (QED) is 0.939. The Kier molecular flexibility index (Phi) is 4.98. The highest BCUT2D eigenvalue weighted by molar-refractivity contribution is 6.30. The van der Waals surface area contributed by atoms with E-state index in [9.17, 15) is 4.79 Å². The second-order valence-corrected chi connectivity index (χ2v) is 5.31. The molecule has 0 bridgehead atoms. The summed E-state index contributed by atoms with van der Waals surface area (Å²) in [6.45, 7) is 6.90. The predicted octanol–water partition coefficient (Wildman–Crippen LogP) is 3.17. The molecule has 1 aromatic heterocycles. The van der Waals surface area contributed by atoms with Crippen LogP contribution in [0.1, 0.15) is 29.9 Å². The van der Waals surface area contributed by atoms with Gasteiger partial charge in [-0.15, -0.1) is 0 Å². The number of rotatable bonds is 4. The Morgan fingerprint density at radius 3 is 2.32 bits per heavy atom. The van der Waals surface area contributed by atoms with Crippen LogP contribution in [0.25, 0.3) is 11.3 Å². The molecule has 0 aliphatic heterocycles. The number of amides is 1. The number of hydrogen-bond acceptors (Lipinski definition) is 4. The van der Waals surface area contributed by atoms with Gasteiger partial charge in [0.25, 0.3) is 5.91 Å². The summed E-state index contributed by atoms with van der Waals surface area (Å²) >= 11 is 5.93. The topological polar surface area (TPSA) is 72.1 Å². The van der Waals surface area contributed by atoms with Gasteiger partial charge in [-0.25, -0.2) is 9.97 Å². The van der Waals surface area contributed by atoms with E-state index in [1.54, 1.807) is 24.0 Å². The zero-order valence-electron chi connectivity index (χ0n) is 12.9. The zero-order chi connectivity index (χ0) is 16.3. The lowest BCUT2D eigenvalue weighted by molar-refractivity contribution is 0.0772. The van der Waals surface area contributed by atoms with Crippen LogP contribution in [-0.4, -0.2) is 33.9 Å². The molecule has 0 saturated heterocycles. The van der Waals surface area contributed by atoms with Gasteiger partial charge in [0.05, 0.1) is 17.0 Å². The number of benzene rings is 1. The van der Waals surface area contributed by atoms with Gasteiger partial charge in [0.2, 0.25) is 5.95 Å². The number of aryl methyl sites for hydroxylation is 1. The van der Waals surface area contributed by atoms with E-state index in [0.717, 1.165) is 5.56 Å². The molecule has 0 atom stereocenters. The third-order valence-corrected chi connectivity index (χ3v) is 3.74. The van der Waals surface area contributed by atoms with Gasteiger partial charge in [0, 0.05) is 23.7 Å². The van der Waals surface area contributed by atoms with E-state index in [1.807, 2.05) is 26.0 Å². The van der Waals surface area contributed by atoms with Crippen molar-refractivity contribution in [2.75, 3.05) is 18.8 Å². The maximum Gasteiger partial charge on any atom is 0.257 e. The summed E-state index contributed by atoms with van der Waals surface area (Å²) in [5, 5.41) is 0.624. The molecular formula is C16H19ClN4O. The van der Waals surface area contributed by atoms with Gasteiger partial charge in [0.1, 0.15) is 0 Å². The van der Waals surface area contributed by atoms with Crippen LogP contribution in [0.4, 0.5) is 5.95 Å². The Labute approximate surface area is 135 Å². The van der Waals surface area contributed by atoms with Crippen LogP contribution in [0.5, 0.6) is 0 Å². The smallest absolute Gasteiger partial charge is 0.257 e. The van der Waals surface area contributed by atoms with Crippen molar-refractivity contribution in [2.24, 2.45) is 0 Å². The molecule has 0 unspecified atom stereocenters. The molecule has 0 aliphatic carbocycles. The number of aromatic nitrogens is 2. The molecule has 6 heteroatoms. The number of carbonyl (C=O) groups excluding carboxylic acids is 1. The lowest BCUT2D eigenvalue weighted by Crippen LogP contribution is -2.32. The molecule has 1 heterocycles. The lowest BCUT2D eigenvalue weighted by Gasteiger charge is -2.21. The second kappa shape index (κ2) is 6.75. The summed E-state index contributed by atoms with van der Waals surface area (Å²) in [6.07, 6.45) is 0. The largest absolute Gasteiger partial charge is 0.368 e. The molecule has 116 valence electrons. The summed E-state index contributed by atoms with van der Waals surface area (Å²) < 4.78 is 0. The monoisotopic (exact) mass is 318 g/mol. The van der Waals surface area contributed by atoms with Crippen molar-refractivity contribution in [3.8, 4) is 11.3 Å². The minimum Gasteiger partial charge on any atom is -0.368 e. The van der Waals surface area contributed by atoms with Gasteiger partial charge < -0.3 is 10.6 Å². The fraction of sp³-hybridized carbons (Fsp3) is 0.312. The average Bonchev–Trinajstić information content (AvgIpc) is 2.48. The van der Waals surface area contributed by atoms with E-state index in [1.165, 1.54) is 0 Å². The van der Waals surface area contributed by atoms with Gasteiger partial charge >= 0.3 is 0 Å². The highest BCUT2D eigenvalue weighted by atomic mass is 35.5. The minimum absolute atomic E-state index is 0.0903. The van der Waals surface area contributed by atoms with Gasteiger partial charge in [-0.2, -0.15) is 0 Å². The maximum atomic E-state index is 12.8. The Bertz CT molecular complexity index is 681. The Balaban J connectivity index is 2.62. The van der Waals surface area contributed by atoms with E-state index in [0.29, 0.717) is 35.1 Å². The Morgan fingerprint density at radius 1 is 1.18 bits per heavy atom. The van der Waals surface area contributed by atoms with Crippen molar-refractivity contribution in [2.45, 2.75) is 20.8 Å². The van der Waals surface area contributed by atoms with Crippen molar-refractivity contribution in [1.29, 1.82) is 0 Å².